The molecule has 1 saturated carbocycles. The Morgan fingerprint density at radius 1 is 1.38 bits per heavy atom. The molecule has 0 N–H and O–H groups in total. The van der Waals surface area contributed by atoms with E-state index in [1.54, 1.807) is 6.07 Å². The van der Waals surface area contributed by atoms with Gasteiger partial charge in [-0.3, -0.25) is 4.90 Å². The molecule has 0 amide bonds. The SMILES string of the molecule is COC(=O)c1cc(F)c2c(c1)CCN(C1CC(C)(C)C1)C2. The summed E-state index contributed by atoms with van der Waals surface area (Å²) in [5, 5.41) is 0. The summed E-state index contributed by atoms with van der Waals surface area (Å²) in [7, 11) is 1.32. The van der Waals surface area contributed by atoms with Gasteiger partial charge in [0.05, 0.1) is 12.7 Å². The number of rotatable bonds is 2. The Hall–Kier alpha value is -1.42. The number of hydrogen-bond donors (Lipinski definition) is 0. The summed E-state index contributed by atoms with van der Waals surface area (Å²) < 4.78 is 19.0. The van der Waals surface area contributed by atoms with Gasteiger partial charge in [0.15, 0.2) is 0 Å². The number of benzene rings is 1. The van der Waals surface area contributed by atoms with Crippen LogP contribution in [0.4, 0.5) is 4.39 Å². The zero-order chi connectivity index (χ0) is 15.2. The first kappa shape index (κ1) is 14.5. The minimum Gasteiger partial charge on any atom is -0.465 e. The van der Waals surface area contributed by atoms with E-state index in [4.69, 9.17) is 0 Å². The maximum atomic E-state index is 14.3. The molecule has 0 bridgehead atoms. The minimum atomic E-state index is -0.472. The zero-order valence-corrected chi connectivity index (χ0v) is 12.9. The molecule has 1 aromatic carbocycles. The number of carbonyl (C=O) groups excluding carboxylic acids is 1. The normalized spacial score (nSPS) is 21.5. The third kappa shape index (κ3) is 2.69. The molecule has 1 heterocycles. The monoisotopic (exact) mass is 291 g/mol. The fourth-order valence-electron chi connectivity index (χ4n) is 3.66. The van der Waals surface area contributed by atoms with E-state index >= 15 is 0 Å². The number of fused-ring (bicyclic) bond motifs is 1. The van der Waals surface area contributed by atoms with Crippen molar-refractivity contribution >= 4 is 5.97 Å². The van der Waals surface area contributed by atoms with E-state index in [0.717, 1.165) is 24.1 Å². The summed E-state index contributed by atoms with van der Waals surface area (Å²) in [4.78, 5) is 13.9. The number of ether oxygens (including phenoxy) is 1. The predicted octanol–water partition coefficient (Wildman–Crippen LogP) is 3.16. The third-order valence-electron chi connectivity index (χ3n) is 4.83. The van der Waals surface area contributed by atoms with Crippen molar-refractivity contribution in [2.24, 2.45) is 5.41 Å². The van der Waals surface area contributed by atoms with Crippen LogP contribution in [0.15, 0.2) is 12.1 Å². The van der Waals surface area contributed by atoms with Crippen LogP contribution in [0.3, 0.4) is 0 Å². The van der Waals surface area contributed by atoms with Gasteiger partial charge in [0.25, 0.3) is 0 Å². The van der Waals surface area contributed by atoms with Crippen LogP contribution in [-0.2, 0) is 17.7 Å². The maximum absolute atomic E-state index is 14.3. The molecule has 1 aliphatic carbocycles. The number of methoxy groups -OCH3 is 1. The standard InChI is InChI=1S/C17H22FNO2/c1-17(2)8-13(9-17)19-5-4-11-6-12(16(20)21-3)7-15(18)14(11)10-19/h6-7,13H,4-5,8-10H2,1-3H3. The topological polar surface area (TPSA) is 29.5 Å². The van der Waals surface area contributed by atoms with Gasteiger partial charge in [-0.2, -0.15) is 0 Å². The molecule has 0 radical (unpaired) electrons. The van der Waals surface area contributed by atoms with Gasteiger partial charge in [-0.05, 0) is 42.4 Å². The quantitative estimate of drug-likeness (QED) is 0.784. The second-order valence-corrected chi connectivity index (χ2v) is 7.03. The van der Waals surface area contributed by atoms with Gasteiger partial charge in [0.2, 0.25) is 0 Å². The molecule has 114 valence electrons. The molecule has 1 aromatic rings. The van der Waals surface area contributed by atoms with Gasteiger partial charge in [0.1, 0.15) is 5.82 Å². The Kier molecular flexibility index (Phi) is 3.52. The molecule has 0 spiro atoms. The highest BCUT2D eigenvalue weighted by Crippen LogP contribution is 2.44. The lowest BCUT2D eigenvalue weighted by Crippen LogP contribution is -2.50. The summed E-state index contributed by atoms with van der Waals surface area (Å²) in [6.45, 7) is 6.16. The number of carbonyl (C=O) groups is 1. The number of halogens is 1. The molecule has 0 saturated heterocycles. The van der Waals surface area contributed by atoms with Crippen molar-refractivity contribution in [3.05, 3.63) is 34.6 Å². The summed E-state index contributed by atoms with van der Waals surface area (Å²) in [5.41, 5.74) is 2.44. The van der Waals surface area contributed by atoms with Crippen LogP contribution in [-0.4, -0.2) is 30.6 Å². The van der Waals surface area contributed by atoms with Crippen LogP contribution in [0, 0.1) is 11.2 Å². The molecular weight excluding hydrogens is 269 g/mol. The molecule has 3 nitrogen and oxygen atoms in total. The van der Waals surface area contributed by atoms with Crippen molar-refractivity contribution in [2.45, 2.75) is 45.7 Å². The summed E-state index contributed by atoms with van der Waals surface area (Å²) in [6.07, 6.45) is 3.17. The van der Waals surface area contributed by atoms with Gasteiger partial charge in [-0.25, -0.2) is 9.18 Å². The summed E-state index contributed by atoms with van der Waals surface area (Å²) in [5.74, 6) is -0.754. The summed E-state index contributed by atoms with van der Waals surface area (Å²) in [6, 6.07) is 3.67. The van der Waals surface area contributed by atoms with Gasteiger partial charge in [0, 0.05) is 24.7 Å². The Morgan fingerprint density at radius 3 is 2.71 bits per heavy atom. The first-order valence-electron chi connectivity index (χ1n) is 7.53. The molecule has 1 aliphatic heterocycles. The maximum Gasteiger partial charge on any atom is 0.337 e. The largest absolute Gasteiger partial charge is 0.465 e. The van der Waals surface area contributed by atoms with Crippen LogP contribution < -0.4 is 0 Å². The Balaban J connectivity index is 1.79. The van der Waals surface area contributed by atoms with E-state index in [1.807, 2.05) is 0 Å². The van der Waals surface area contributed by atoms with Crippen molar-refractivity contribution in [1.29, 1.82) is 0 Å². The third-order valence-corrected chi connectivity index (χ3v) is 4.83. The van der Waals surface area contributed by atoms with E-state index in [0.29, 0.717) is 23.6 Å². The molecular formula is C17H22FNO2. The molecule has 3 rings (SSSR count). The van der Waals surface area contributed by atoms with E-state index in [9.17, 15) is 9.18 Å². The molecule has 0 unspecified atom stereocenters. The van der Waals surface area contributed by atoms with Crippen molar-refractivity contribution in [1.82, 2.24) is 4.90 Å². The Labute approximate surface area is 125 Å². The average molecular weight is 291 g/mol. The Morgan fingerprint density at radius 2 is 2.10 bits per heavy atom. The fraction of sp³-hybridized carbons (Fsp3) is 0.588. The van der Waals surface area contributed by atoms with Crippen LogP contribution in [0.25, 0.3) is 0 Å². The van der Waals surface area contributed by atoms with Crippen LogP contribution in [0.2, 0.25) is 0 Å². The second-order valence-electron chi connectivity index (χ2n) is 7.03. The van der Waals surface area contributed by atoms with Gasteiger partial charge in [-0.1, -0.05) is 13.8 Å². The van der Waals surface area contributed by atoms with E-state index < -0.39 is 5.97 Å². The fourth-order valence-corrected chi connectivity index (χ4v) is 3.66. The van der Waals surface area contributed by atoms with Crippen LogP contribution >= 0.6 is 0 Å². The molecule has 1 fully saturated rings. The molecule has 4 heteroatoms. The first-order valence-corrected chi connectivity index (χ1v) is 7.53. The van der Waals surface area contributed by atoms with Crippen LogP contribution in [0.1, 0.15) is 48.2 Å². The first-order chi connectivity index (χ1) is 9.89. The lowest BCUT2D eigenvalue weighted by molar-refractivity contribution is 0.0168. The van der Waals surface area contributed by atoms with E-state index in [-0.39, 0.29) is 5.82 Å². The van der Waals surface area contributed by atoms with Crippen molar-refractivity contribution in [2.75, 3.05) is 13.7 Å². The van der Waals surface area contributed by atoms with Crippen molar-refractivity contribution in [3.63, 3.8) is 0 Å². The highest BCUT2D eigenvalue weighted by molar-refractivity contribution is 5.89. The number of hydrogen-bond acceptors (Lipinski definition) is 3. The lowest BCUT2D eigenvalue weighted by Gasteiger charge is -2.49. The minimum absolute atomic E-state index is 0.281. The van der Waals surface area contributed by atoms with Crippen molar-refractivity contribution < 1.29 is 13.9 Å². The van der Waals surface area contributed by atoms with Gasteiger partial charge in [-0.15, -0.1) is 0 Å². The number of nitrogens with zero attached hydrogens (tertiary/aromatic N) is 1. The van der Waals surface area contributed by atoms with E-state index in [1.165, 1.54) is 26.0 Å². The van der Waals surface area contributed by atoms with Gasteiger partial charge < -0.3 is 4.74 Å². The predicted molar refractivity (Wildman–Crippen MR) is 78.7 cm³/mol. The zero-order valence-electron chi connectivity index (χ0n) is 12.9. The smallest absolute Gasteiger partial charge is 0.337 e. The van der Waals surface area contributed by atoms with Crippen LogP contribution in [0.5, 0.6) is 0 Å². The molecule has 2 aliphatic rings. The van der Waals surface area contributed by atoms with Gasteiger partial charge >= 0.3 is 5.97 Å². The average Bonchev–Trinajstić information content (AvgIpc) is 2.43. The number of esters is 1. The molecule has 21 heavy (non-hydrogen) atoms. The molecule has 0 aromatic heterocycles. The Bertz CT molecular complexity index is 574. The molecule has 0 atom stereocenters. The highest BCUT2D eigenvalue weighted by atomic mass is 19.1. The summed E-state index contributed by atoms with van der Waals surface area (Å²) >= 11 is 0. The van der Waals surface area contributed by atoms with E-state index in [2.05, 4.69) is 23.5 Å². The van der Waals surface area contributed by atoms with Crippen molar-refractivity contribution in [3.8, 4) is 0 Å². The highest BCUT2D eigenvalue weighted by Gasteiger charge is 2.40. The second kappa shape index (κ2) is 5.09. The lowest BCUT2D eigenvalue weighted by atomic mass is 9.67.